The van der Waals surface area contributed by atoms with Gasteiger partial charge in [0.25, 0.3) is 11.8 Å². The van der Waals surface area contributed by atoms with Crippen molar-refractivity contribution in [3.63, 3.8) is 0 Å². The summed E-state index contributed by atoms with van der Waals surface area (Å²) >= 11 is 0. The van der Waals surface area contributed by atoms with E-state index in [1.165, 1.54) is 4.90 Å². The van der Waals surface area contributed by atoms with Gasteiger partial charge in [0.1, 0.15) is 6.10 Å². The molecule has 2 amide bonds. The number of aliphatic hydroxyl groups excluding tert-OH is 2. The molecule has 2 aliphatic rings. The Kier molecular flexibility index (Phi) is 6.20. The first-order chi connectivity index (χ1) is 22.2. The van der Waals surface area contributed by atoms with Gasteiger partial charge in [-0.2, -0.15) is 9.61 Å². The molecule has 0 bridgehead atoms. The molecule has 4 heterocycles. The van der Waals surface area contributed by atoms with Gasteiger partial charge in [0.05, 0.1) is 40.3 Å². The molecule has 3 N–H and O–H groups in total. The molecule has 0 spiro atoms. The van der Waals surface area contributed by atoms with Crippen LogP contribution in [0.3, 0.4) is 0 Å². The third-order valence-corrected chi connectivity index (χ3v) is 9.37. The number of nitrogens with zero attached hydrogens (tertiary/aromatic N) is 5. The highest BCUT2D eigenvalue weighted by Crippen LogP contribution is 2.56. The summed E-state index contributed by atoms with van der Waals surface area (Å²) < 4.78 is 1.73. The number of aromatic nitrogens is 4. The molecule has 6 aromatic rings. The zero-order chi connectivity index (χ0) is 31.8. The van der Waals surface area contributed by atoms with Crippen LogP contribution in [-0.4, -0.2) is 69.9 Å². The molecule has 0 radical (unpaired) electrons. The molecular weight excluding hydrogens is 582 g/mol. The molecule has 1 atom stereocenters. The van der Waals surface area contributed by atoms with E-state index in [4.69, 9.17) is 4.98 Å². The van der Waals surface area contributed by atoms with E-state index in [1.54, 1.807) is 35.0 Å². The number of carbonyl (C=O) groups excluding carboxylic acids is 2. The molecule has 8 rings (SSSR count). The van der Waals surface area contributed by atoms with E-state index >= 15 is 0 Å². The molecule has 228 valence electrons. The van der Waals surface area contributed by atoms with Gasteiger partial charge >= 0.3 is 0 Å². The van der Waals surface area contributed by atoms with E-state index in [-0.39, 0.29) is 12.8 Å². The monoisotopic (exact) mass is 611 g/mol. The van der Waals surface area contributed by atoms with Gasteiger partial charge in [-0.3, -0.25) is 14.5 Å². The van der Waals surface area contributed by atoms with E-state index in [1.807, 2.05) is 73.7 Å². The van der Waals surface area contributed by atoms with Crippen LogP contribution in [0, 0.1) is 6.92 Å². The number of aryl methyl sites for hydroxylation is 1. The zero-order valence-electron chi connectivity index (χ0n) is 24.8. The van der Waals surface area contributed by atoms with Crippen molar-refractivity contribution in [2.24, 2.45) is 0 Å². The van der Waals surface area contributed by atoms with E-state index < -0.39 is 35.7 Å². The third-order valence-electron chi connectivity index (χ3n) is 9.37. The summed E-state index contributed by atoms with van der Waals surface area (Å²) in [5, 5.41) is 36.8. The Morgan fingerprint density at radius 2 is 1.50 bits per heavy atom. The second-order valence-corrected chi connectivity index (χ2v) is 12.2. The van der Waals surface area contributed by atoms with Gasteiger partial charge in [0.2, 0.25) is 0 Å². The molecule has 1 aliphatic heterocycles. The van der Waals surface area contributed by atoms with Crippen LogP contribution in [0.4, 0.5) is 0 Å². The van der Waals surface area contributed by atoms with Crippen LogP contribution in [0.5, 0.6) is 0 Å². The highest BCUT2D eigenvalue weighted by molar-refractivity contribution is 6.22. The Labute approximate surface area is 263 Å². The van der Waals surface area contributed by atoms with Gasteiger partial charge in [-0.05, 0) is 36.2 Å². The Hall–Kier alpha value is -5.29. The molecule has 0 saturated heterocycles. The van der Waals surface area contributed by atoms with Gasteiger partial charge < -0.3 is 15.3 Å². The standard InChI is InChI=1S/C36H29N5O5/c1-21-15-30-37-17-24-16-28(22-7-3-2-4-8-22)31(38-32(24)41(30)39-21)23-11-13-25(14-12-23)35(19-36(46,20-35)29(43)18-42)40-33(44)26-9-5-6-10-27(26)34(40)45/h2-17,29,42-43,46H,18-20H2,1H3/t29-,35?,36?/m0/s1. The number of hydrogen-bond donors (Lipinski definition) is 3. The number of rotatable bonds is 6. The van der Waals surface area contributed by atoms with E-state index in [2.05, 4.69) is 10.1 Å². The molecule has 46 heavy (non-hydrogen) atoms. The first kappa shape index (κ1) is 28.2. The van der Waals surface area contributed by atoms with E-state index in [0.717, 1.165) is 27.8 Å². The number of benzene rings is 3. The number of aliphatic hydroxyl groups is 3. The number of amides is 2. The lowest BCUT2D eigenvalue weighted by molar-refractivity contribution is -0.196. The second-order valence-electron chi connectivity index (χ2n) is 12.2. The number of fused-ring (bicyclic) bond motifs is 4. The molecule has 0 unspecified atom stereocenters. The van der Waals surface area contributed by atoms with Gasteiger partial charge in [-0.1, -0.05) is 66.7 Å². The lowest BCUT2D eigenvalue weighted by Crippen LogP contribution is -2.68. The van der Waals surface area contributed by atoms with Crippen LogP contribution < -0.4 is 0 Å². The Morgan fingerprint density at radius 1 is 0.848 bits per heavy atom. The first-order valence-corrected chi connectivity index (χ1v) is 15.0. The number of pyridine rings is 1. The molecule has 1 saturated carbocycles. The van der Waals surface area contributed by atoms with Gasteiger partial charge in [0.15, 0.2) is 11.3 Å². The highest BCUT2D eigenvalue weighted by Gasteiger charge is 2.64. The lowest BCUT2D eigenvalue weighted by atomic mass is 9.58. The summed E-state index contributed by atoms with van der Waals surface area (Å²) in [6, 6.07) is 28.0. The molecule has 1 aliphatic carbocycles. The number of imide groups is 1. The molecular formula is C36H29N5O5. The normalized spacial score (nSPS) is 21.5. The maximum atomic E-state index is 13.7. The number of hydrogen-bond acceptors (Lipinski definition) is 8. The summed E-state index contributed by atoms with van der Waals surface area (Å²) in [7, 11) is 0. The maximum absolute atomic E-state index is 13.7. The predicted octanol–water partition coefficient (Wildman–Crippen LogP) is 4.29. The summed E-state index contributed by atoms with van der Waals surface area (Å²) in [6.45, 7) is 1.26. The Morgan fingerprint density at radius 3 is 2.15 bits per heavy atom. The van der Waals surface area contributed by atoms with Crippen molar-refractivity contribution in [3.05, 3.63) is 120 Å². The fraction of sp³-hybridized carbons (Fsp3) is 0.194. The minimum absolute atomic E-state index is 0.125. The minimum atomic E-state index is -1.68. The largest absolute Gasteiger partial charge is 0.394 e. The number of carbonyl (C=O) groups is 2. The van der Waals surface area contributed by atoms with Crippen LogP contribution in [0.15, 0.2) is 97.2 Å². The molecule has 3 aromatic carbocycles. The summed E-state index contributed by atoms with van der Waals surface area (Å²) in [4.78, 5) is 38.3. The topological polar surface area (TPSA) is 141 Å². The minimum Gasteiger partial charge on any atom is -0.394 e. The predicted molar refractivity (Wildman–Crippen MR) is 170 cm³/mol. The van der Waals surface area contributed by atoms with E-state index in [0.29, 0.717) is 33.7 Å². The molecule has 3 aromatic heterocycles. The zero-order valence-corrected chi connectivity index (χ0v) is 24.8. The van der Waals surface area contributed by atoms with Crippen LogP contribution in [0.2, 0.25) is 0 Å². The quantitative estimate of drug-likeness (QED) is 0.237. The summed E-state index contributed by atoms with van der Waals surface area (Å²) in [5.74, 6) is -0.917. The molecule has 1 fully saturated rings. The van der Waals surface area contributed by atoms with Gasteiger partial charge in [-0.15, -0.1) is 0 Å². The van der Waals surface area contributed by atoms with Crippen molar-refractivity contribution in [1.29, 1.82) is 0 Å². The third kappa shape index (κ3) is 4.04. The van der Waals surface area contributed by atoms with Gasteiger partial charge in [0, 0.05) is 41.6 Å². The second kappa shape index (κ2) is 10.1. The van der Waals surface area contributed by atoms with E-state index in [9.17, 15) is 24.9 Å². The van der Waals surface area contributed by atoms with Crippen LogP contribution >= 0.6 is 0 Å². The van der Waals surface area contributed by atoms with Crippen LogP contribution in [0.1, 0.15) is 44.8 Å². The van der Waals surface area contributed by atoms with Crippen molar-refractivity contribution in [2.75, 3.05) is 6.61 Å². The van der Waals surface area contributed by atoms with Crippen molar-refractivity contribution >= 4 is 28.5 Å². The fourth-order valence-corrected chi connectivity index (χ4v) is 7.09. The average molecular weight is 612 g/mol. The SMILES string of the molecule is Cc1cc2ncc3cc(-c4ccccc4)c(-c4ccc(C5(N6C(=O)c7ccccc7C6=O)CC(O)([C@@H](O)CO)C5)cc4)nc3n2n1. The average Bonchev–Trinajstić information content (AvgIpc) is 3.58. The smallest absolute Gasteiger partial charge is 0.262 e. The summed E-state index contributed by atoms with van der Waals surface area (Å²) in [5.41, 5.74) is 3.84. The van der Waals surface area contributed by atoms with Crippen LogP contribution in [0.25, 0.3) is 39.1 Å². The maximum Gasteiger partial charge on any atom is 0.262 e. The molecule has 10 nitrogen and oxygen atoms in total. The first-order valence-electron chi connectivity index (χ1n) is 15.0. The van der Waals surface area contributed by atoms with Crippen molar-refractivity contribution in [2.45, 2.75) is 37.0 Å². The molecule has 10 heteroatoms. The van der Waals surface area contributed by atoms with Gasteiger partial charge in [-0.25, -0.2) is 9.97 Å². The Balaban J connectivity index is 1.27. The fourth-order valence-electron chi connectivity index (χ4n) is 7.09. The van der Waals surface area contributed by atoms with Crippen LogP contribution in [-0.2, 0) is 5.54 Å². The van der Waals surface area contributed by atoms with Crippen molar-refractivity contribution < 1.29 is 24.9 Å². The van der Waals surface area contributed by atoms with Crippen molar-refractivity contribution in [1.82, 2.24) is 24.5 Å². The lowest BCUT2D eigenvalue weighted by Gasteiger charge is -2.58. The Bertz CT molecular complexity index is 2150. The van der Waals surface area contributed by atoms with Crippen molar-refractivity contribution in [3.8, 4) is 22.4 Å². The summed E-state index contributed by atoms with van der Waals surface area (Å²) in [6.07, 6.45) is 0.115. The highest BCUT2D eigenvalue weighted by atomic mass is 16.4.